The predicted molar refractivity (Wildman–Crippen MR) is 84.9 cm³/mol. The van der Waals surface area contributed by atoms with Gasteiger partial charge >= 0.3 is 0 Å². The van der Waals surface area contributed by atoms with Gasteiger partial charge in [-0.2, -0.15) is 0 Å². The molecule has 0 heterocycles. The van der Waals surface area contributed by atoms with Crippen LogP contribution in [0.5, 0.6) is 0 Å². The monoisotopic (exact) mass is 265 g/mol. The minimum atomic E-state index is 0.448. The summed E-state index contributed by atoms with van der Waals surface area (Å²) in [4.78, 5) is 0. The second kappa shape index (κ2) is 5.80. The molecule has 0 aliphatic heterocycles. The van der Waals surface area contributed by atoms with Gasteiger partial charge in [-0.25, -0.2) is 0 Å². The SMILES string of the molecule is CC(C)C(NCC1Cc2ccccc21)c1ccccc1. The molecule has 2 unspecified atom stereocenters. The number of fused-ring (bicyclic) bond motifs is 1. The first-order valence-electron chi connectivity index (χ1n) is 7.62. The van der Waals surface area contributed by atoms with E-state index in [2.05, 4.69) is 73.8 Å². The zero-order chi connectivity index (χ0) is 13.9. The van der Waals surface area contributed by atoms with Crippen LogP contribution in [0.25, 0.3) is 0 Å². The minimum Gasteiger partial charge on any atom is -0.309 e. The highest BCUT2D eigenvalue weighted by Gasteiger charge is 2.26. The largest absolute Gasteiger partial charge is 0.309 e. The van der Waals surface area contributed by atoms with Crippen molar-refractivity contribution in [2.24, 2.45) is 5.92 Å². The normalized spacial score (nSPS) is 18.4. The average molecular weight is 265 g/mol. The number of rotatable bonds is 5. The van der Waals surface area contributed by atoms with E-state index in [1.54, 1.807) is 0 Å². The first-order chi connectivity index (χ1) is 9.75. The molecule has 0 spiro atoms. The molecule has 1 aliphatic carbocycles. The van der Waals surface area contributed by atoms with E-state index in [1.807, 2.05) is 0 Å². The van der Waals surface area contributed by atoms with Crippen LogP contribution < -0.4 is 5.32 Å². The molecule has 0 saturated heterocycles. The molecular formula is C19H23N. The Morgan fingerprint density at radius 3 is 2.40 bits per heavy atom. The lowest BCUT2D eigenvalue weighted by atomic mass is 9.77. The molecule has 2 aromatic rings. The first kappa shape index (κ1) is 13.4. The lowest BCUT2D eigenvalue weighted by molar-refractivity contribution is 0.388. The Labute approximate surface area is 122 Å². The molecule has 2 aromatic carbocycles. The maximum atomic E-state index is 3.78. The van der Waals surface area contributed by atoms with Gasteiger partial charge in [-0.15, -0.1) is 0 Å². The lowest BCUT2D eigenvalue weighted by Gasteiger charge is -2.33. The highest BCUT2D eigenvalue weighted by Crippen LogP contribution is 2.35. The van der Waals surface area contributed by atoms with E-state index in [9.17, 15) is 0 Å². The third kappa shape index (κ3) is 2.64. The van der Waals surface area contributed by atoms with Crippen molar-refractivity contribution >= 4 is 0 Å². The molecule has 3 rings (SSSR count). The smallest absolute Gasteiger partial charge is 0.0343 e. The van der Waals surface area contributed by atoms with E-state index >= 15 is 0 Å². The molecule has 0 radical (unpaired) electrons. The molecule has 104 valence electrons. The maximum absolute atomic E-state index is 3.78. The summed E-state index contributed by atoms with van der Waals surface area (Å²) in [7, 11) is 0. The van der Waals surface area contributed by atoms with Crippen LogP contribution in [-0.4, -0.2) is 6.54 Å². The van der Waals surface area contributed by atoms with Gasteiger partial charge < -0.3 is 5.32 Å². The summed E-state index contributed by atoms with van der Waals surface area (Å²) in [5.41, 5.74) is 4.46. The molecule has 2 atom stereocenters. The van der Waals surface area contributed by atoms with Crippen LogP contribution in [0.3, 0.4) is 0 Å². The van der Waals surface area contributed by atoms with Crippen LogP contribution in [0.4, 0.5) is 0 Å². The van der Waals surface area contributed by atoms with Crippen molar-refractivity contribution in [3.8, 4) is 0 Å². The van der Waals surface area contributed by atoms with E-state index in [1.165, 1.54) is 23.1 Å². The molecule has 1 aliphatic rings. The summed E-state index contributed by atoms with van der Waals surface area (Å²) in [6.45, 7) is 5.66. The Kier molecular flexibility index (Phi) is 3.88. The third-order valence-corrected chi connectivity index (χ3v) is 4.37. The first-order valence-corrected chi connectivity index (χ1v) is 7.62. The lowest BCUT2D eigenvalue weighted by Crippen LogP contribution is -2.33. The Morgan fingerprint density at radius 2 is 1.70 bits per heavy atom. The highest BCUT2D eigenvalue weighted by molar-refractivity contribution is 5.40. The highest BCUT2D eigenvalue weighted by atomic mass is 14.9. The van der Waals surface area contributed by atoms with E-state index < -0.39 is 0 Å². The molecule has 1 heteroatoms. The predicted octanol–water partition coefficient (Wildman–Crippen LogP) is 4.31. The number of hydrogen-bond acceptors (Lipinski definition) is 1. The van der Waals surface area contributed by atoms with Crippen LogP contribution in [0.1, 0.15) is 42.5 Å². The maximum Gasteiger partial charge on any atom is 0.0343 e. The number of hydrogen-bond donors (Lipinski definition) is 1. The molecular weight excluding hydrogens is 242 g/mol. The number of benzene rings is 2. The van der Waals surface area contributed by atoms with Gasteiger partial charge in [0.25, 0.3) is 0 Å². The van der Waals surface area contributed by atoms with Gasteiger partial charge in [0.1, 0.15) is 0 Å². The van der Waals surface area contributed by atoms with Crippen molar-refractivity contribution in [1.29, 1.82) is 0 Å². The van der Waals surface area contributed by atoms with Gasteiger partial charge in [-0.05, 0) is 29.0 Å². The molecule has 1 nitrogen and oxygen atoms in total. The van der Waals surface area contributed by atoms with Gasteiger partial charge in [0.2, 0.25) is 0 Å². The average Bonchev–Trinajstić information content (AvgIpc) is 2.44. The van der Waals surface area contributed by atoms with Gasteiger partial charge in [0, 0.05) is 18.5 Å². The summed E-state index contributed by atoms with van der Waals surface area (Å²) in [5, 5.41) is 3.78. The van der Waals surface area contributed by atoms with Crippen molar-refractivity contribution in [3.63, 3.8) is 0 Å². The fraction of sp³-hybridized carbons (Fsp3) is 0.368. The van der Waals surface area contributed by atoms with Crippen molar-refractivity contribution in [3.05, 3.63) is 71.3 Å². The molecule has 0 fully saturated rings. The van der Waals surface area contributed by atoms with E-state index in [4.69, 9.17) is 0 Å². The standard InChI is InChI=1S/C19H23N/c1-14(2)19(15-8-4-3-5-9-15)20-13-17-12-16-10-6-7-11-18(16)17/h3-11,14,17,19-20H,12-13H2,1-2H3. The zero-order valence-corrected chi connectivity index (χ0v) is 12.3. The molecule has 0 amide bonds. The zero-order valence-electron chi connectivity index (χ0n) is 12.3. The van der Waals surface area contributed by atoms with Crippen LogP contribution in [0, 0.1) is 5.92 Å². The van der Waals surface area contributed by atoms with E-state index in [0.717, 1.165) is 6.54 Å². The fourth-order valence-corrected chi connectivity index (χ4v) is 3.21. The van der Waals surface area contributed by atoms with Crippen LogP contribution >= 0.6 is 0 Å². The molecule has 0 bridgehead atoms. The second-order valence-corrected chi connectivity index (χ2v) is 6.14. The van der Waals surface area contributed by atoms with E-state index in [0.29, 0.717) is 17.9 Å². The quantitative estimate of drug-likeness (QED) is 0.849. The molecule has 1 N–H and O–H groups in total. The van der Waals surface area contributed by atoms with Gasteiger partial charge in [-0.1, -0.05) is 68.4 Å². The molecule has 20 heavy (non-hydrogen) atoms. The number of nitrogens with one attached hydrogen (secondary N) is 1. The van der Waals surface area contributed by atoms with Gasteiger partial charge in [0.05, 0.1) is 0 Å². The van der Waals surface area contributed by atoms with Crippen LogP contribution in [-0.2, 0) is 6.42 Å². The Balaban J connectivity index is 1.65. The summed E-state index contributed by atoms with van der Waals surface area (Å²) >= 11 is 0. The Hall–Kier alpha value is -1.60. The van der Waals surface area contributed by atoms with Crippen molar-refractivity contribution in [1.82, 2.24) is 5.32 Å². The summed E-state index contributed by atoms with van der Waals surface area (Å²) < 4.78 is 0. The van der Waals surface area contributed by atoms with Crippen LogP contribution in [0.15, 0.2) is 54.6 Å². The van der Waals surface area contributed by atoms with Crippen molar-refractivity contribution < 1.29 is 0 Å². The second-order valence-electron chi connectivity index (χ2n) is 6.14. The topological polar surface area (TPSA) is 12.0 Å². The van der Waals surface area contributed by atoms with Crippen molar-refractivity contribution in [2.75, 3.05) is 6.54 Å². The van der Waals surface area contributed by atoms with Gasteiger partial charge in [-0.3, -0.25) is 0 Å². The Morgan fingerprint density at radius 1 is 1.00 bits per heavy atom. The Bertz CT molecular complexity index is 559. The van der Waals surface area contributed by atoms with E-state index in [-0.39, 0.29) is 0 Å². The minimum absolute atomic E-state index is 0.448. The molecule has 0 saturated carbocycles. The molecule has 0 aromatic heterocycles. The summed E-state index contributed by atoms with van der Waals surface area (Å²) in [6, 6.07) is 20.1. The summed E-state index contributed by atoms with van der Waals surface area (Å²) in [6.07, 6.45) is 1.22. The van der Waals surface area contributed by atoms with Crippen molar-refractivity contribution in [2.45, 2.75) is 32.2 Å². The van der Waals surface area contributed by atoms with Crippen LogP contribution in [0.2, 0.25) is 0 Å². The van der Waals surface area contributed by atoms with Gasteiger partial charge in [0.15, 0.2) is 0 Å². The summed E-state index contributed by atoms with van der Waals surface area (Å²) in [5.74, 6) is 1.30. The third-order valence-electron chi connectivity index (χ3n) is 4.37. The fourth-order valence-electron chi connectivity index (χ4n) is 3.21.